The van der Waals surface area contributed by atoms with Gasteiger partial charge in [0.15, 0.2) is 0 Å². The summed E-state index contributed by atoms with van der Waals surface area (Å²) >= 11 is 0. The van der Waals surface area contributed by atoms with Crippen LogP contribution in [0.2, 0.25) is 0 Å². The normalized spacial score (nSPS) is 11.0. The highest BCUT2D eigenvalue weighted by molar-refractivity contribution is 7.92. The van der Waals surface area contributed by atoms with Crippen LogP contribution in [-0.4, -0.2) is 28.0 Å². The van der Waals surface area contributed by atoms with Crippen molar-refractivity contribution in [2.75, 3.05) is 23.3 Å². The molecule has 4 aromatic rings. The molecular weight excluding hydrogens is 460 g/mol. The zero-order valence-corrected chi connectivity index (χ0v) is 20.1. The summed E-state index contributed by atoms with van der Waals surface area (Å²) in [7, 11) is -2.22. The summed E-state index contributed by atoms with van der Waals surface area (Å²) in [4.78, 5) is 13.1. The number of carbonyl (C=O) groups excluding carboxylic acids is 1. The number of amides is 1. The summed E-state index contributed by atoms with van der Waals surface area (Å²) in [5, 5.41) is 2.82. The molecule has 7 heteroatoms. The largest absolute Gasteiger partial charge is 0.492 e. The summed E-state index contributed by atoms with van der Waals surface area (Å²) in [5.74, 6) is 0.155. The topological polar surface area (TPSA) is 75.7 Å². The highest BCUT2D eigenvalue weighted by Gasteiger charge is 2.21. The lowest BCUT2D eigenvalue weighted by molar-refractivity contribution is 0.102. The lowest BCUT2D eigenvalue weighted by Crippen LogP contribution is -2.26. The fourth-order valence-electron chi connectivity index (χ4n) is 3.55. The lowest BCUT2D eigenvalue weighted by Gasteiger charge is -2.19. The molecule has 1 N–H and O–H groups in total. The van der Waals surface area contributed by atoms with Gasteiger partial charge in [-0.1, -0.05) is 60.7 Å². The number of anilines is 2. The second-order valence-electron chi connectivity index (χ2n) is 7.87. The lowest BCUT2D eigenvalue weighted by atomic mass is 10.1. The highest BCUT2D eigenvalue weighted by atomic mass is 32.2. The van der Waals surface area contributed by atoms with E-state index < -0.39 is 10.0 Å². The van der Waals surface area contributed by atoms with E-state index in [0.717, 1.165) is 12.0 Å². The second-order valence-corrected chi connectivity index (χ2v) is 9.84. The Kier molecular flexibility index (Phi) is 7.48. The minimum Gasteiger partial charge on any atom is -0.492 e. The van der Waals surface area contributed by atoms with E-state index in [2.05, 4.69) is 5.32 Å². The first kappa shape index (κ1) is 24.0. The van der Waals surface area contributed by atoms with E-state index >= 15 is 0 Å². The quantitative estimate of drug-likeness (QED) is 0.344. The van der Waals surface area contributed by atoms with Gasteiger partial charge in [-0.15, -0.1) is 0 Å². The van der Waals surface area contributed by atoms with Gasteiger partial charge >= 0.3 is 0 Å². The summed E-state index contributed by atoms with van der Waals surface area (Å²) < 4.78 is 33.0. The van der Waals surface area contributed by atoms with Crippen molar-refractivity contribution < 1.29 is 17.9 Å². The van der Waals surface area contributed by atoms with Crippen LogP contribution in [0.5, 0.6) is 5.75 Å². The molecule has 0 saturated carbocycles. The van der Waals surface area contributed by atoms with Crippen LogP contribution >= 0.6 is 0 Å². The van der Waals surface area contributed by atoms with Crippen LogP contribution in [0.1, 0.15) is 15.9 Å². The van der Waals surface area contributed by atoms with E-state index in [1.54, 1.807) is 54.6 Å². The molecule has 1 amide bonds. The van der Waals surface area contributed by atoms with Crippen molar-refractivity contribution in [3.05, 3.63) is 120 Å². The Hall–Kier alpha value is -4.10. The SMILES string of the molecule is CN(c1ccccc1)S(=O)(=O)c1ccc(NC(=O)c2ccccc2OCCc2ccccc2)cc1. The number of ether oxygens (including phenoxy) is 1. The molecule has 6 nitrogen and oxygen atoms in total. The number of hydrogen-bond donors (Lipinski definition) is 1. The Morgan fingerprint density at radius 3 is 2.09 bits per heavy atom. The van der Waals surface area contributed by atoms with Crippen LogP contribution in [0, 0.1) is 0 Å². The van der Waals surface area contributed by atoms with Crippen LogP contribution in [-0.2, 0) is 16.4 Å². The zero-order chi connectivity index (χ0) is 24.7. The number of sulfonamides is 1. The van der Waals surface area contributed by atoms with Crippen LogP contribution in [0.25, 0.3) is 0 Å². The molecule has 35 heavy (non-hydrogen) atoms. The fraction of sp³-hybridized carbons (Fsp3) is 0.107. The average molecular weight is 487 g/mol. The zero-order valence-electron chi connectivity index (χ0n) is 19.3. The standard InChI is InChI=1S/C28H26N2O4S/c1-30(24-12-6-3-7-13-24)35(32,33)25-18-16-23(17-19-25)29-28(31)26-14-8-9-15-27(26)34-21-20-22-10-4-2-5-11-22/h2-19H,20-21H2,1H3,(H,29,31). The van der Waals surface area contributed by atoms with Crippen molar-refractivity contribution in [1.82, 2.24) is 0 Å². The molecule has 0 aromatic heterocycles. The maximum absolute atomic E-state index is 13.0. The van der Waals surface area contributed by atoms with E-state index in [0.29, 0.717) is 29.3 Å². The molecule has 4 rings (SSSR count). The van der Waals surface area contributed by atoms with Gasteiger partial charge in [0.2, 0.25) is 0 Å². The third-order valence-electron chi connectivity index (χ3n) is 5.51. The number of benzene rings is 4. The number of nitrogens with one attached hydrogen (secondary N) is 1. The smallest absolute Gasteiger partial charge is 0.264 e. The number of nitrogens with zero attached hydrogens (tertiary/aromatic N) is 1. The van der Waals surface area contributed by atoms with Gasteiger partial charge in [-0.05, 0) is 54.1 Å². The first-order valence-corrected chi connectivity index (χ1v) is 12.6. The molecule has 0 atom stereocenters. The van der Waals surface area contributed by atoms with Crippen molar-refractivity contribution in [2.24, 2.45) is 0 Å². The second kappa shape index (κ2) is 10.9. The van der Waals surface area contributed by atoms with Gasteiger partial charge in [-0.3, -0.25) is 9.10 Å². The van der Waals surface area contributed by atoms with Crippen LogP contribution in [0.15, 0.2) is 114 Å². The molecule has 4 aromatic carbocycles. The van der Waals surface area contributed by atoms with Gasteiger partial charge < -0.3 is 10.1 Å². The number of hydrogen-bond acceptors (Lipinski definition) is 4. The third-order valence-corrected chi connectivity index (χ3v) is 7.31. The number of para-hydroxylation sites is 2. The molecule has 178 valence electrons. The molecule has 0 unspecified atom stereocenters. The van der Waals surface area contributed by atoms with E-state index in [4.69, 9.17) is 4.74 Å². The summed E-state index contributed by atoms with van der Waals surface area (Å²) in [5.41, 5.74) is 2.60. The Labute approximate surface area is 205 Å². The van der Waals surface area contributed by atoms with E-state index in [1.165, 1.54) is 23.5 Å². The highest BCUT2D eigenvalue weighted by Crippen LogP contribution is 2.24. The average Bonchev–Trinajstić information content (AvgIpc) is 2.90. The molecule has 0 aliphatic carbocycles. The van der Waals surface area contributed by atoms with E-state index in [1.807, 2.05) is 42.5 Å². The van der Waals surface area contributed by atoms with Crippen molar-refractivity contribution in [2.45, 2.75) is 11.3 Å². The van der Waals surface area contributed by atoms with Gasteiger partial charge in [-0.2, -0.15) is 0 Å². The van der Waals surface area contributed by atoms with Gasteiger partial charge in [-0.25, -0.2) is 8.42 Å². The van der Waals surface area contributed by atoms with Gasteiger partial charge in [0.05, 0.1) is 22.8 Å². The van der Waals surface area contributed by atoms with Gasteiger partial charge in [0.1, 0.15) is 5.75 Å². The minimum absolute atomic E-state index is 0.131. The minimum atomic E-state index is -3.73. The van der Waals surface area contributed by atoms with Crippen molar-refractivity contribution in [3.63, 3.8) is 0 Å². The molecule has 0 spiro atoms. The van der Waals surface area contributed by atoms with E-state index in [-0.39, 0.29) is 10.8 Å². The number of rotatable bonds is 9. The Bertz CT molecular complexity index is 1370. The monoisotopic (exact) mass is 486 g/mol. The molecule has 0 aliphatic heterocycles. The maximum atomic E-state index is 13.0. The number of carbonyl (C=O) groups is 1. The van der Waals surface area contributed by atoms with Gasteiger partial charge in [0, 0.05) is 19.2 Å². The summed E-state index contributed by atoms with van der Waals surface area (Å²) in [6.07, 6.45) is 0.726. The molecular formula is C28H26N2O4S. The Balaban J connectivity index is 1.42. The van der Waals surface area contributed by atoms with Crippen LogP contribution < -0.4 is 14.4 Å². The van der Waals surface area contributed by atoms with Crippen molar-refractivity contribution >= 4 is 27.3 Å². The van der Waals surface area contributed by atoms with Gasteiger partial charge in [0.25, 0.3) is 15.9 Å². The molecule has 0 heterocycles. The molecule has 0 aliphatic rings. The Morgan fingerprint density at radius 1 is 0.800 bits per heavy atom. The first-order chi connectivity index (χ1) is 16.9. The molecule has 0 fully saturated rings. The molecule has 0 saturated heterocycles. The van der Waals surface area contributed by atoms with Crippen molar-refractivity contribution in [3.8, 4) is 5.75 Å². The first-order valence-electron chi connectivity index (χ1n) is 11.2. The third kappa shape index (κ3) is 5.88. The van der Waals surface area contributed by atoms with Crippen LogP contribution in [0.3, 0.4) is 0 Å². The van der Waals surface area contributed by atoms with Crippen LogP contribution in [0.4, 0.5) is 11.4 Å². The van der Waals surface area contributed by atoms with E-state index in [9.17, 15) is 13.2 Å². The Morgan fingerprint density at radius 2 is 1.40 bits per heavy atom. The summed E-state index contributed by atoms with van der Waals surface area (Å²) in [6.45, 7) is 0.440. The predicted molar refractivity (Wildman–Crippen MR) is 139 cm³/mol. The molecule has 0 radical (unpaired) electrons. The fourth-order valence-corrected chi connectivity index (χ4v) is 4.74. The predicted octanol–water partition coefficient (Wildman–Crippen LogP) is 5.39. The maximum Gasteiger partial charge on any atom is 0.264 e. The summed E-state index contributed by atoms with van der Waals surface area (Å²) in [6, 6.07) is 32.0. The van der Waals surface area contributed by atoms with Crippen molar-refractivity contribution in [1.29, 1.82) is 0 Å². The molecule has 0 bridgehead atoms.